The Kier molecular flexibility index (Phi) is 4.78. The second kappa shape index (κ2) is 6.23. The summed E-state index contributed by atoms with van der Waals surface area (Å²) >= 11 is 0. The van der Waals surface area contributed by atoms with Crippen LogP contribution in [0.5, 0.6) is 11.5 Å². The van der Waals surface area contributed by atoms with Crippen LogP contribution < -0.4 is 9.47 Å². The number of rotatable bonds is 4. The first kappa shape index (κ1) is 16.1. The predicted molar refractivity (Wildman–Crippen MR) is 81.2 cm³/mol. The van der Waals surface area contributed by atoms with Crippen LogP contribution in [0.15, 0.2) is 23.1 Å². The third-order valence-electron chi connectivity index (χ3n) is 3.82. The Morgan fingerprint density at radius 2 is 1.71 bits per heavy atom. The standard InChI is InChI=1S/C15H23NO4S/c1-11-7-12(2)10-16(9-11)21(17,18)15-6-5-13(19-3)8-14(15)20-4/h5-6,8,11-12H,7,9-10H2,1-4H3/t11-,12+. The zero-order valence-electron chi connectivity index (χ0n) is 13.0. The van der Waals surface area contributed by atoms with Crippen molar-refractivity contribution < 1.29 is 17.9 Å². The summed E-state index contributed by atoms with van der Waals surface area (Å²) in [5, 5.41) is 0. The first-order chi connectivity index (χ1) is 9.88. The molecular weight excluding hydrogens is 290 g/mol. The minimum atomic E-state index is -3.54. The zero-order chi connectivity index (χ0) is 15.6. The highest BCUT2D eigenvalue weighted by Crippen LogP contribution is 2.33. The Morgan fingerprint density at radius 1 is 1.10 bits per heavy atom. The molecule has 1 heterocycles. The molecule has 0 aliphatic carbocycles. The van der Waals surface area contributed by atoms with E-state index >= 15 is 0 Å². The molecule has 1 aromatic carbocycles. The van der Waals surface area contributed by atoms with Gasteiger partial charge in [-0.05, 0) is 30.4 Å². The number of hydrogen-bond acceptors (Lipinski definition) is 4. The van der Waals surface area contributed by atoms with Crippen molar-refractivity contribution in [2.45, 2.75) is 25.2 Å². The highest BCUT2D eigenvalue weighted by Gasteiger charge is 2.33. The topological polar surface area (TPSA) is 55.8 Å². The molecule has 0 N–H and O–H groups in total. The van der Waals surface area contributed by atoms with E-state index < -0.39 is 10.0 Å². The van der Waals surface area contributed by atoms with E-state index in [0.29, 0.717) is 36.4 Å². The van der Waals surface area contributed by atoms with Gasteiger partial charge in [0.15, 0.2) is 0 Å². The van der Waals surface area contributed by atoms with Gasteiger partial charge < -0.3 is 9.47 Å². The van der Waals surface area contributed by atoms with Crippen LogP contribution in [0.2, 0.25) is 0 Å². The van der Waals surface area contributed by atoms with E-state index in [1.165, 1.54) is 14.2 Å². The average molecular weight is 313 g/mol. The number of benzene rings is 1. The molecule has 0 bridgehead atoms. The highest BCUT2D eigenvalue weighted by molar-refractivity contribution is 7.89. The van der Waals surface area contributed by atoms with Crippen LogP contribution in [0, 0.1) is 11.8 Å². The number of methoxy groups -OCH3 is 2. The lowest BCUT2D eigenvalue weighted by molar-refractivity contribution is 0.222. The number of hydrogen-bond donors (Lipinski definition) is 0. The van der Waals surface area contributed by atoms with Gasteiger partial charge in [-0.15, -0.1) is 0 Å². The van der Waals surface area contributed by atoms with Crippen LogP contribution in [-0.4, -0.2) is 40.0 Å². The van der Waals surface area contributed by atoms with E-state index in [0.717, 1.165) is 6.42 Å². The van der Waals surface area contributed by atoms with E-state index in [1.807, 2.05) is 0 Å². The van der Waals surface area contributed by atoms with Gasteiger partial charge in [-0.1, -0.05) is 13.8 Å². The molecule has 6 heteroatoms. The quantitative estimate of drug-likeness (QED) is 0.856. The first-order valence-corrected chi connectivity index (χ1v) is 8.54. The smallest absolute Gasteiger partial charge is 0.246 e. The number of ether oxygens (including phenoxy) is 2. The normalized spacial score (nSPS) is 23.8. The molecule has 0 saturated carbocycles. The Balaban J connectivity index is 2.39. The summed E-state index contributed by atoms with van der Waals surface area (Å²) in [6.07, 6.45) is 1.06. The van der Waals surface area contributed by atoms with Crippen molar-refractivity contribution in [1.29, 1.82) is 0 Å². The van der Waals surface area contributed by atoms with Gasteiger partial charge in [0.1, 0.15) is 16.4 Å². The third kappa shape index (κ3) is 3.32. The van der Waals surface area contributed by atoms with Crippen LogP contribution >= 0.6 is 0 Å². The molecule has 118 valence electrons. The van der Waals surface area contributed by atoms with Crippen molar-refractivity contribution in [3.05, 3.63) is 18.2 Å². The van der Waals surface area contributed by atoms with Crippen LogP contribution in [0.4, 0.5) is 0 Å². The fraction of sp³-hybridized carbons (Fsp3) is 0.600. The fourth-order valence-electron chi connectivity index (χ4n) is 2.93. The monoisotopic (exact) mass is 313 g/mol. The molecule has 1 aliphatic rings. The summed E-state index contributed by atoms with van der Waals surface area (Å²) in [7, 11) is -0.537. The van der Waals surface area contributed by atoms with Crippen molar-refractivity contribution in [3.63, 3.8) is 0 Å². The molecule has 1 aliphatic heterocycles. The maximum atomic E-state index is 12.9. The highest BCUT2D eigenvalue weighted by atomic mass is 32.2. The molecule has 2 atom stereocenters. The molecule has 0 aromatic heterocycles. The van der Waals surface area contributed by atoms with Gasteiger partial charge in [0.2, 0.25) is 10.0 Å². The van der Waals surface area contributed by atoms with Crippen LogP contribution in [0.25, 0.3) is 0 Å². The number of sulfonamides is 1. The van der Waals surface area contributed by atoms with Gasteiger partial charge in [-0.3, -0.25) is 0 Å². The Bertz CT molecular complexity index is 590. The molecule has 1 aromatic rings. The Hall–Kier alpha value is -1.27. The molecule has 2 rings (SSSR count). The van der Waals surface area contributed by atoms with Crippen molar-refractivity contribution in [1.82, 2.24) is 4.31 Å². The minimum absolute atomic E-state index is 0.201. The fourth-order valence-corrected chi connectivity index (χ4v) is 4.75. The Morgan fingerprint density at radius 3 is 2.24 bits per heavy atom. The molecule has 0 spiro atoms. The summed E-state index contributed by atoms with van der Waals surface area (Å²) < 4.78 is 37.6. The van der Waals surface area contributed by atoms with Gasteiger partial charge in [0.25, 0.3) is 0 Å². The van der Waals surface area contributed by atoms with Gasteiger partial charge in [0, 0.05) is 19.2 Å². The SMILES string of the molecule is COc1ccc(S(=O)(=O)N2C[C@H](C)C[C@H](C)C2)c(OC)c1. The molecular formula is C15H23NO4S. The summed E-state index contributed by atoms with van der Waals surface area (Å²) in [6, 6.07) is 4.80. The van der Waals surface area contributed by atoms with Crippen molar-refractivity contribution >= 4 is 10.0 Å². The molecule has 21 heavy (non-hydrogen) atoms. The summed E-state index contributed by atoms with van der Waals surface area (Å²) in [5.41, 5.74) is 0. The molecule has 0 radical (unpaired) electrons. The largest absolute Gasteiger partial charge is 0.497 e. The van der Waals surface area contributed by atoms with Crippen LogP contribution in [0.1, 0.15) is 20.3 Å². The Labute approximate surface area is 126 Å². The molecule has 1 saturated heterocycles. The number of nitrogens with zero attached hydrogens (tertiary/aromatic N) is 1. The van der Waals surface area contributed by atoms with E-state index in [1.54, 1.807) is 22.5 Å². The van der Waals surface area contributed by atoms with Crippen molar-refractivity contribution in [2.75, 3.05) is 27.3 Å². The lowest BCUT2D eigenvalue weighted by atomic mass is 9.94. The van der Waals surface area contributed by atoms with E-state index in [-0.39, 0.29) is 4.90 Å². The molecule has 1 fully saturated rings. The summed E-state index contributed by atoms with van der Waals surface area (Å²) in [6.45, 7) is 5.29. The van der Waals surface area contributed by atoms with Gasteiger partial charge in [-0.2, -0.15) is 4.31 Å². The zero-order valence-corrected chi connectivity index (χ0v) is 13.8. The number of piperidine rings is 1. The lowest BCUT2D eigenvalue weighted by Gasteiger charge is -2.34. The van der Waals surface area contributed by atoms with Gasteiger partial charge in [-0.25, -0.2) is 8.42 Å². The molecule has 0 unspecified atom stereocenters. The third-order valence-corrected chi connectivity index (χ3v) is 5.70. The first-order valence-electron chi connectivity index (χ1n) is 7.10. The van der Waals surface area contributed by atoms with Crippen molar-refractivity contribution in [3.8, 4) is 11.5 Å². The minimum Gasteiger partial charge on any atom is -0.497 e. The lowest BCUT2D eigenvalue weighted by Crippen LogP contribution is -2.42. The van der Waals surface area contributed by atoms with E-state index in [9.17, 15) is 8.42 Å². The molecule has 5 nitrogen and oxygen atoms in total. The van der Waals surface area contributed by atoms with Crippen LogP contribution in [-0.2, 0) is 10.0 Å². The second-order valence-corrected chi connectivity index (χ2v) is 7.69. The van der Waals surface area contributed by atoms with Crippen LogP contribution in [0.3, 0.4) is 0 Å². The van der Waals surface area contributed by atoms with Gasteiger partial charge >= 0.3 is 0 Å². The average Bonchev–Trinajstić information content (AvgIpc) is 2.45. The van der Waals surface area contributed by atoms with E-state index in [2.05, 4.69) is 13.8 Å². The van der Waals surface area contributed by atoms with E-state index in [4.69, 9.17) is 9.47 Å². The summed E-state index contributed by atoms with van der Waals surface area (Å²) in [5.74, 6) is 1.63. The summed E-state index contributed by atoms with van der Waals surface area (Å²) in [4.78, 5) is 0.201. The maximum absolute atomic E-state index is 12.9. The van der Waals surface area contributed by atoms with Gasteiger partial charge in [0.05, 0.1) is 14.2 Å². The molecule has 0 amide bonds. The maximum Gasteiger partial charge on any atom is 0.246 e. The van der Waals surface area contributed by atoms with Crippen molar-refractivity contribution in [2.24, 2.45) is 11.8 Å². The second-order valence-electron chi connectivity index (χ2n) is 5.78. The predicted octanol–water partition coefficient (Wildman–Crippen LogP) is 2.37.